The molecule has 10 heteroatoms. The number of carbonyl (C=O) groups is 1. The third kappa shape index (κ3) is 6.91. The van der Waals surface area contributed by atoms with E-state index >= 15 is 0 Å². The van der Waals surface area contributed by atoms with Crippen molar-refractivity contribution in [1.82, 2.24) is 19.8 Å². The number of carbonyl (C=O) groups excluding carboxylic acids is 1. The molecule has 8 nitrogen and oxygen atoms in total. The summed E-state index contributed by atoms with van der Waals surface area (Å²) < 4.78 is 32.6. The van der Waals surface area contributed by atoms with Crippen LogP contribution in [0.25, 0.3) is 11.5 Å². The van der Waals surface area contributed by atoms with Gasteiger partial charge in [-0.25, -0.2) is 8.42 Å². The highest BCUT2D eigenvalue weighted by Crippen LogP contribution is 2.26. The number of aryl methyl sites for hydroxylation is 1. The monoisotopic (exact) mass is 502 g/mol. The highest BCUT2D eigenvalue weighted by molar-refractivity contribution is 7.99. The lowest BCUT2D eigenvalue weighted by Crippen LogP contribution is -2.34. The van der Waals surface area contributed by atoms with Gasteiger partial charge >= 0.3 is 0 Å². The number of thioether (sulfide) groups is 1. The lowest BCUT2D eigenvalue weighted by atomic mass is 10.1. The molecule has 1 amide bonds. The molecule has 0 aliphatic carbocycles. The Morgan fingerprint density at radius 2 is 1.82 bits per heavy atom. The number of benzene rings is 2. The van der Waals surface area contributed by atoms with Crippen LogP contribution in [0.4, 0.5) is 0 Å². The third-order valence-corrected chi connectivity index (χ3v) is 8.14. The maximum absolute atomic E-state index is 12.8. The molecule has 0 aliphatic heterocycles. The fourth-order valence-corrected chi connectivity index (χ4v) is 5.51. The fourth-order valence-electron chi connectivity index (χ4n) is 3.43. The topological polar surface area (TPSA) is 105 Å². The van der Waals surface area contributed by atoms with E-state index < -0.39 is 10.0 Å². The maximum Gasteiger partial charge on any atom is 0.277 e. The van der Waals surface area contributed by atoms with E-state index in [0.717, 1.165) is 24.6 Å². The van der Waals surface area contributed by atoms with Gasteiger partial charge in [-0.3, -0.25) is 4.79 Å². The van der Waals surface area contributed by atoms with E-state index in [9.17, 15) is 13.2 Å². The van der Waals surface area contributed by atoms with Crippen molar-refractivity contribution in [3.8, 4) is 11.5 Å². The Morgan fingerprint density at radius 1 is 1.09 bits per heavy atom. The van der Waals surface area contributed by atoms with Gasteiger partial charge in [0, 0.05) is 24.7 Å². The number of sulfonamides is 1. The van der Waals surface area contributed by atoms with Crippen LogP contribution in [-0.2, 0) is 21.2 Å². The summed E-state index contributed by atoms with van der Waals surface area (Å²) >= 11 is 1.14. The van der Waals surface area contributed by atoms with E-state index in [0.29, 0.717) is 18.7 Å². The first-order valence-electron chi connectivity index (χ1n) is 11.2. The van der Waals surface area contributed by atoms with Gasteiger partial charge in [-0.1, -0.05) is 62.0 Å². The second-order valence-electron chi connectivity index (χ2n) is 7.77. The number of nitrogens with zero attached hydrogens (tertiary/aromatic N) is 3. The summed E-state index contributed by atoms with van der Waals surface area (Å²) in [5.41, 5.74) is 1.75. The molecule has 2 aromatic carbocycles. The highest BCUT2D eigenvalue weighted by atomic mass is 32.2. The molecule has 0 radical (unpaired) electrons. The molecule has 0 saturated carbocycles. The predicted molar refractivity (Wildman–Crippen MR) is 133 cm³/mol. The van der Waals surface area contributed by atoms with E-state index in [1.807, 2.05) is 25.1 Å². The zero-order chi connectivity index (χ0) is 24.6. The Balaban J connectivity index is 1.55. The summed E-state index contributed by atoms with van der Waals surface area (Å²) in [5.74, 6) is 0.238. The number of nitrogens with one attached hydrogen (secondary N) is 1. The van der Waals surface area contributed by atoms with Crippen LogP contribution in [0.1, 0.15) is 32.8 Å². The van der Waals surface area contributed by atoms with Gasteiger partial charge in [-0.15, -0.1) is 10.2 Å². The highest BCUT2D eigenvalue weighted by Gasteiger charge is 2.22. The van der Waals surface area contributed by atoms with Crippen molar-refractivity contribution in [2.24, 2.45) is 0 Å². The molecular weight excluding hydrogens is 472 g/mol. The summed E-state index contributed by atoms with van der Waals surface area (Å²) in [6, 6.07) is 16.6. The summed E-state index contributed by atoms with van der Waals surface area (Å²) in [6.45, 7) is 6.35. The average Bonchev–Trinajstić information content (AvgIpc) is 3.32. The minimum Gasteiger partial charge on any atom is -0.411 e. The van der Waals surface area contributed by atoms with Crippen molar-refractivity contribution in [2.75, 3.05) is 18.8 Å². The van der Waals surface area contributed by atoms with Crippen molar-refractivity contribution < 1.29 is 17.6 Å². The van der Waals surface area contributed by atoms with Crippen LogP contribution in [-0.4, -0.2) is 53.7 Å². The number of aromatic nitrogens is 2. The fraction of sp³-hybridized carbons (Fsp3) is 0.375. The lowest BCUT2D eigenvalue weighted by molar-refractivity contribution is -0.119. The van der Waals surface area contributed by atoms with Gasteiger partial charge in [0.2, 0.25) is 21.8 Å². The molecule has 3 rings (SSSR count). The van der Waals surface area contributed by atoms with Crippen molar-refractivity contribution in [3.05, 3.63) is 60.2 Å². The molecule has 0 spiro atoms. The Hall–Kier alpha value is -2.69. The van der Waals surface area contributed by atoms with Crippen LogP contribution in [0.5, 0.6) is 0 Å². The largest absolute Gasteiger partial charge is 0.411 e. The Labute approximate surface area is 205 Å². The van der Waals surface area contributed by atoms with Crippen LogP contribution >= 0.6 is 11.8 Å². The molecular formula is C24H30N4O4S2. The summed E-state index contributed by atoms with van der Waals surface area (Å²) in [5, 5.41) is 11.2. The molecule has 34 heavy (non-hydrogen) atoms. The van der Waals surface area contributed by atoms with E-state index in [-0.39, 0.29) is 33.7 Å². The van der Waals surface area contributed by atoms with Gasteiger partial charge in [0.05, 0.1) is 10.6 Å². The second-order valence-corrected chi connectivity index (χ2v) is 10.6. The van der Waals surface area contributed by atoms with Crippen LogP contribution in [0.3, 0.4) is 0 Å². The number of amides is 1. The molecule has 1 heterocycles. The molecule has 1 unspecified atom stereocenters. The van der Waals surface area contributed by atoms with Gasteiger partial charge < -0.3 is 9.73 Å². The Kier molecular flexibility index (Phi) is 9.26. The van der Waals surface area contributed by atoms with Crippen LogP contribution in [0.15, 0.2) is 69.1 Å². The Bertz CT molecular complexity index is 1180. The SMILES string of the molecule is CCN(CC)S(=O)(=O)c1cccc(-c2nnc(SCC(=O)NC(C)CCc3ccccc3)o2)c1. The van der Waals surface area contributed by atoms with Gasteiger partial charge in [0.15, 0.2) is 0 Å². The van der Waals surface area contributed by atoms with Crippen molar-refractivity contribution >= 4 is 27.7 Å². The first-order chi connectivity index (χ1) is 16.3. The van der Waals surface area contributed by atoms with E-state index in [2.05, 4.69) is 27.6 Å². The maximum atomic E-state index is 12.8. The van der Waals surface area contributed by atoms with Crippen LogP contribution in [0.2, 0.25) is 0 Å². The third-order valence-electron chi connectivity index (χ3n) is 5.27. The van der Waals surface area contributed by atoms with E-state index in [4.69, 9.17) is 4.42 Å². The van der Waals surface area contributed by atoms with E-state index in [1.54, 1.807) is 32.0 Å². The summed E-state index contributed by atoms with van der Waals surface area (Å²) in [6.07, 6.45) is 1.74. The first kappa shape index (κ1) is 25.9. The smallest absolute Gasteiger partial charge is 0.277 e. The molecule has 1 aromatic heterocycles. The lowest BCUT2D eigenvalue weighted by Gasteiger charge is -2.18. The summed E-state index contributed by atoms with van der Waals surface area (Å²) in [4.78, 5) is 12.5. The molecule has 182 valence electrons. The molecule has 0 bridgehead atoms. The molecule has 1 atom stereocenters. The van der Waals surface area contributed by atoms with Crippen LogP contribution < -0.4 is 5.32 Å². The first-order valence-corrected chi connectivity index (χ1v) is 13.7. The molecule has 0 aliphatic rings. The van der Waals surface area contributed by atoms with Crippen molar-refractivity contribution in [2.45, 2.75) is 49.8 Å². The van der Waals surface area contributed by atoms with Gasteiger partial charge in [-0.05, 0) is 43.5 Å². The molecule has 0 saturated heterocycles. The number of rotatable bonds is 12. The van der Waals surface area contributed by atoms with E-state index in [1.165, 1.54) is 15.9 Å². The number of hydrogen-bond acceptors (Lipinski definition) is 7. The van der Waals surface area contributed by atoms with Crippen molar-refractivity contribution in [1.29, 1.82) is 0 Å². The minimum absolute atomic E-state index is 0.0436. The predicted octanol–water partition coefficient (Wildman–Crippen LogP) is 4.00. The van der Waals surface area contributed by atoms with Gasteiger partial charge in [-0.2, -0.15) is 4.31 Å². The van der Waals surface area contributed by atoms with Crippen molar-refractivity contribution in [3.63, 3.8) is 0 Å². The second kappa shape index (κ2) is 12.1. The normalized spacial score (nSPS) is 12.6. The molecule has 1 N–H and O–H groups in total. The van der Waals surface area contributed by atoms with Gasteiger partial charge in [0.25, 0.3) is 5.22 Å². The van der Waals surface area contributed by atoms with Gasteiger partial charge in [0.1, 0.15) is 0 Å². The standard InChI is InChI=1S/C24H30N4O4S2/c1-4-28(5-2)34(30,31)21-13-9-12-20(16-21)23-26-27-24(32-23)33-17-22(29)25-18(3)14-15-19-10-7-6-8-11-19/h6-13,16,18H,4-5,14-15,17H2,1-3H3,(H,25,29). The molecule has 3 aromatic rings. The van der Waals surface area contributed by atoms with Crippen LogP contribution in [0, 0.1) is 0 Å². The zero-order valence-corrected chi connectivity index (χ0v) is 21.2. The Morgan fingerprint density at radius 3 is 2.53 bits per heavy atom. The minimum atomic E-state index is -3.60. The summed E-state index contributed by atoms with van der Waals surface area (Å²) in [7, 11) is -3.60. The zero-order valence-electron chi connectivity index (χ0n) is 19.6. The number of hydrogen-bond donors (Lipinski definition) is 1. The quantitative estimate of drug-likeness (QED) is 0.373. The molecule has 0 fully saturated rings. The average molecular weight is 503 g/mol.